The van der Waals surface area contributed by atoms with E-state index in [1.54, 1.807) is 37.4 Å². The molecule has 1 saturated heterocycles. The summed E-state index contributed by atoms with van der Waals surface area (Å²) in [6.07, 6.45) is 1.40. The normalized spacial score (nSPS) is 16.5. The highest BCUT2D eigenvalue weighted by Crippen LogP contribution is 2.33. The Bertz CT molecular complexity index is 1160. The van der Waals surface area contributed by atoms with Crippen molar-refractivity contribution in [1.82, 2.24) is 15.5 Å². The summed E-state index contributed by atoms with van der Waals surface area (Å²) in [5.41, 5.74) is 0.420. The number of sulfonamides is 1. The van der Waals surface area contributed by atoms with Crippen LogP contribution in [0, 0.1) is 0 Å². The maximum absolute atomic E-state index is 13.0. The fourth-order valence-corrected chi connectivity index (χ4v) is 5.04. The number of likely N-dealkylation sites (N-methyl/N-ethyl adjacent to an activating group) is 1. The van der Waals surface area contributed by atoms with Gasteiger partial charge in [0.15, 0.2) is 11.5 Å². The van der Waals surface area contributed by atoms with Gasteiger partial charge in [0.1, 0.15) is 13.2 Å². The lowest BCUT2D eigenvalue weighted by molar-refractivity contribution is -0.122. The predicted molar refractivity (Wildman–Crippen MR) is 126 cm³/mol. The highest BCUT2D eigenvalue weighted by atomic mass is 32.2. The molecular formula is C23H28N4O6S. The number of likely N-dealkylation sites (tertiary alicyclic amines) is 1. The van der Waals surface area contributed by atoms with Crippen molar-refractivity contribution >= 4 is 27.5 Å². The topological polar surface area (TPSA) is 126 Å². The molecule has 0 saturated carbocycles. The van der Waals surface area contributed by atoms with Crippen LogP contribution in [0.3, 0.4) is 0 Å². The number of carbonyl (C=O) groups is 2. The first kappa shape index (κ1) is 23.8. The minimum atomic E-state index is -3.97. The van der Waals surface area contributed by atoms with Gasteiger partial charge in [0, 0.05) is 32.2 Å². The number of nitrogens with zero attached hydrogens (tertiary/aromatic N) is 1. The molecule has 0 aromatic heterocycles. The Hall–Kier alpha value is -3.31. The lowest BCUT2D eigenvalue weighted by Gasteiger charge is -2.31. The van der Waals surface area contributed by atoms with Gasteiger partial charge in [-0.2, -0.15) is 0 Å². The van der Waals surface area contributed by atoms with E-state index >= 15 is 0 Å². The fraction of sp³-hybridized carbons (Fsp3) is 0.391. The Labute approximate surface area is 198 Å². The SMILES string of the molecule is CNC(=O)CN1CCC(NC(=O)c2ccccc2NS(=O)(=O)c2ccc3c(c2)OCCO3)CC1. The molecule has 0 bridgehead atoms. The smallest absolute Gasteiger partial charge is 0.262 e. The van der Waals surface area contributed by atoms with Gasteiger partial charge in [-0.3, -0.25) is 19.2 Å². The fourth-order valence-electron chi connectivity index (χ4n) is 3.95. The molecule has 0 radical (unpaired) electrons. The van der Waals surface area contributed by atoms with Crippen molar-refractivity contribution in [2.45, 2.75) is 23.8 Å². The van der Waals surface area contributed by atoms with Gasteiger partial charge in [0.2, 0.25) is 5.91 Å². The summed E-state index contributed by atoms with van der Waals surface area (Å²) < 4.78 is 39.5. The second kappa shape index (κ2) is 10.3. The molecule has 2 amide bonds. The number of para-hydroxylation sites is 1. The quantitative estimate of drug-likeness (QED) is 0.535. The van der Waals surface area contributed by atoms with Crippen LogP contribution >= 0.6 is 0 Å². The number of amides is 2. The van der Waals surface area contributed by atoms with Crippen LogP contribution in [0.5, 0.6) is 11.5 Å². The molecule has 2 aromatic rings. The first-order valence-electron chi connectivity index (χ1n) is 11.1. The van der Waals surface area contributed by atoms with Crippen molar-refractivity contribution in [3.05, 3.63) is 48.0 Å². The third-order valence-electron chi connectivity index (χ3n) is 5.81. The van der Waals surface area contributed by atoms with Crippen LogP contribution in [0.2, 0.25) is 0 Å². The largest absolute Gasteiger partial charge is 0.486 e. The number of hydrogen-bond acceptors (Lipinski definition) is 7. The maximum atomic E-state index is 13.0. The molecule has 2 heterocycles. The number of benzene rings is 2. The molecule has 11 heteroatoms. The Morgan fingerprint density at radius 1 is 1.03 bits per heavy atom. The molecule has 10 nitrogen and oxygen atoms in total. The molecule has 4 rings (SSSR count). The van der Waals surface area contributed by atoms with Crippen molar-refractivity contribution in [3.8, 4) is 11.5 Å². The van der Waals surface area contributed by atoms with Gasteiger partial charge in [0.25, 0.3) is 15.9 Å². The minimum absolute atomic E-state index is 0.00968. The second-order valence-electron chi connectivity index (χ2n) is 8.15. The van der Waals surface area contributed by atoms with Gasteiger partial charge in [-0.1, -0.05) is 12.1 Å². The van der Waals surface area contributed by atoms with Gasteiger partial charge >= 0.3 is 0 Å². The van der Waals surface area contributed by atoms with E-state index in [0.29, 0.717) is 57.2 Å². The number of fused-ring (bicyclic) bond motifs is 1. The summed E-state index contributed by atoms with van der Waals surface area (Å²) in [6.45, 7) is 2.47. The average Bonchev–Trinajstić information content (AvgIpc) is 2.85. The van der Waals surface area contributed by atoms with E-state index in [2.05, 4.69) is 15.4 Å². The van der Waals surface area contributed by atoms with Crippen LogP contribution in [0.15, 0.2) is 47.4 Å². The van der Waals surface area contributed by atoms with Crippen LogP contribution in [0.25, 0.3) is 0 Å². The van der Waals surface area contributed by atoms with Crippen molar-refractivity contribution in [2.75, 3.05) is 44.6 Å². The number of nitrogens with one attached hydrogen (secondary N) is 3. The van der Waals surface area contributed by atoms with Crippen LogP contribution in [-0.2, 0) is 14.8 Å². The molecule has 0 aliphatic carbocycles. The summed E-state index contributed by atoms with van der Waals surface area (Å²) in [5.74, 6) is 0.459. The van der Waals surface area contributed by atoms with E-state index in [0.717, 1.165) is 0 Å². The third-order valence-corrected chi connectivity index (χ3v) is 7.17. The molecule has 0 spiro atoms. The minimum Gasteiger partial charge on any atom is -0.486 e. The summed E-state index contributed by atoms with van der Waals surface area (Å²) in [7, 11) is -2.36. The number of anilines is 1. The van der Waals surface area contributed by atoms with E-state index in [4.69, 9.17) is 9.47 Å². The van der Waals surface area contributed by atoms with E-state index in [1.165, 1.54) is 12.1 Å². The van der Waals surface area contributed by atoms with Gasteiger partial charge in [-0.25, -0.2) is 8.42 Å². The standard InChI is InChI=1S/C23H28N4O6S/c1-24-22(28)15-27-10-8-16(9-11-27)25-23(29)18-4-2-3-5-19(18)26-34(30,31)17-6-7-20-21(14-17)33-13-12-32-20/h2-7,14,16,26H,8-13,15H2,1H3,(H,24,28)(H,25,29). The Balaban J connectivity index is 1.43. The van der Waals surface area contributed by atoms with E-state index in [9.17, 15) is 18.0 Å². The first-order valence-corrected chi connectivity index (χ1v) is 12.6. The lowest BCUT2D eigenvalue weighted by atomic mass is 10.0. The Morgan fingerprint density at radius 2 is 1.74 bits per heavy atom. The predicted octanol–water partition coefficient (Wildman–Crippen LogP) is 1.20. The van der Waals surface area contributed by atoms with Crippen LogP contribution in [-0.4, -0.2) is 71.1 Å². The zero-order valence-corrected chi connectivity index (χ0v) is 19.7. The number of ether oxygens (including phenoxy) is 2. The molecule has 34 heavy (non-hydrogen) atoms. The molecule has 182 valence electrons. The highest BCUT2D eigenvalue weighted by molar-refractivity contribution is 7.92. The molecule has 2 aliphatic rings. The second-order valence-corrected chi connectivity index (χ2v) is 9.84. The van der Waals surface area contributed by atoms with Gasteiger partial charge in [0.05, 0.1) is 22.7 Å². The van der Waals surface area contributed by atoms with Gasteiger partial charge in [-0.15, -0.1) is 0 Å². The Kier molecular flexibility index (Phi) is 7.23. The summed E-state index contributed by atoms with van der Waals surface area (Å²) in [5, 5.41) is 5.60. The highest BCUT2D eigenvalue weighted by Gasteiger charge is 2.25. The van der Waals surface area contributed by atoms with E-state index in [-0.39, 0.29) is 34.0 Å². The zero-order chi connectivity index (χ0) is 24.1. The number of carbonyl (C=O) groups excluding carboxylic acids is 2. The molecule has 0 atom stereocenters. The van der Waals surface area contributed by atoms with Crippen LogP contribution in [0.4, 0.5) is 5.69 Å². The van der Waals surface area contributed by atoms with Gasteiger partial charge in [-0.05, 0) is 37.1 Å². The number of hydrogen-bond donors (Lipinski definition) is 3. The lowest BCUT2D eigenvalue weighted by Crippen LogP contribution is -2.47. The third kappa shape index (κ3) is 5.60. The van der Waals surface area contributed by atoms with E-state index < -0.39 is 10.0 Å². The van der Waals surface area contributed by atoms with E-state index in [1.807, 2.05) is 4.90 Å². The average molecular weight is 489 g/mol. The molecule has 1 fully saturated rings. The Morgan fingerprint density at radius 3 is 2.47 bits per heavy atom. The molecule has 2 aliphatic heterocycles. The van der Waals surface area contributed by atoms with Crippen molar-refractivity contribution in [2.24, 2.45) is 0 Å². The monoisotopic (exact) mass is 488 g/mol. The summed E-state index contributed by atoms with van der Waals surface area (Å²) in [4.78, 5) is 26.6. The maximum Gasteiger partial charge on any atom is 0.262 e. The first-order chi connectivity index (χ1) is 16.4. The molecule has 3 N–H and O–H groups in total. The zero-order valence-electron chi connectivity index (χ0n) is 18.9. The molecule has 2 aromatic carbocycles. The number of rotatable bonds is 7. The molecule has 0 unspecified atom stereocenters. The summed E-state index contributed by atoms with van der Waals surface area (Å²) in [6, 6.07) is 10.8. The van der Waals surface area contributed by atoms with Crippen molar-refractivity contribution < 1.29 is 27.5 Å². The number of piperidine rings is 1. The van der Waals surface area contributed by atoms with Crippen LogP contribution < -0.4 is 24.8 Å². The van der Waals surface area contributed by atoms with Crippen LogP contribution in [0.1, 0.15) is 23.2 Å². The van der Waals surface area contributed by atoms with Crippen molar-refractivity contribution in [1.29, 1.82) is 0 Å². The molecular weight excluding hydrogens is 460 g/mol. The summed E-state index contributed by atoms with van der Waals surface area (Å²) >= 11 is 0. The van der Waals surface area contributed by atoms with Gasteiger partial charge < -0.3 is 20.1 Å². The van der Waals surface area contributed by atoms with Crippen molar-refractivity contribution in [3.63, 3.8) is 0 Å².